The minimum atomic E-state index is -0.862. The summed E-state index contributed by atoms with van der Waals surface area (Å²) in [5.41, 5.74) is -0.195. The van der Waals surface area contributed by atoms with E-state index in [2.05, 4.69) is 5.32 Å². The Morgan fingerprint density at radius 1 is 1.25 bits per heavy atom. The van der Waals surface area contributed by atoms with Gasteiger partial charge < -0.3 is 15.2 Å². The van der Waals surface area contributed by atoms with Crippen molar-refractivity contribution < 1.29 is 14.6 Å². The van der Waals surface area contributed by atoms with E-state index in [0.29, 0.717) is 17.5 Å². The molecule has 0 aromatic heterocycles. The molecule has 4 nitrogen and oxygen atoms in total. The largest absolute Gasteiger partial charge is 0.507 e. The van der Waals surface area contributed by atoms with Gasteiger partial charge in [0.05, 0.1) is 0 Å². The molecule has 0 radical (unpaired) electrons. The van der Waals surface area contributed by atoms with Crippen LogP contribution in [0.3, 0.4) is 0 Å². The van der Waals surface area contributed by atoms with Gasteiger partial charge in [-0.05, 0) is 25.5 Å². The third kappa shape index (κ3) is 2.47. The summed E-state index contributed by atoms with van der Waals surface area (Å²) in [6.45, 7) is 3.66. The van der Waals surface area contributed by atoms with Crippen molar-refractivity contribution in [2.24, 2.45) is 0 Å². The van der Waals surface area contributed by atoms with Crippen LogP contribution in [0.25, 0.3) is 10.8 Å². The number of benzene rings is 2. The molecule has 106 valence electrons. The molecule has 0 bridgehead atoms. The van der Waals surface area contributed by atoms with Crippen molar-refractivity contribution >= 4 is 22.4 Å². The standard InChI is InChI=1S/C16H19NO3/c1-4-16(2,20-3)15(19)17-13-9-5-8-12-11(13)7-6-10-14(12)18/h5-10,18H,4H2,1-3H3,(H,17,19). The Kier molecular flexibility index (Phi) is 3.95. The maximum atomic E-state index is 12.3. The normalized spacial score (nSPS) is 13.9. The lowest BCUT2D eigenvalue weighted by Crippen LogP contribution is -2.41. The highest BCUT2D eigenvalue weighted by Crippen LogP contribution is 2.30. The SMILES string of the molecule is CCC(C)(OC)C(=O)Nc1cccc2c(O)cccc12. The second-order valence-corrected chi connectivity index (χ2v) is 4.92. The molecular formula is C16H19NO3. The van der Waals surface area contributed by atoms with E-state index in [0.717, 1.165) is 5.39 Å². The van der Waals surface area contributed by atoms with Gasteiger partial charge in [0.25, 0.3) is 5.91 Å². The summed E-state index contributed by atoms with van der Waals surface area (Å²) in [5, 5.41) is 14.2. The molecule has 0 saturated heterocycles. The van der Waals surface area contributed by atoms with Crippen LogP contribution in [0.1, 0.15) is 20.3 Å². The van der Waals surface area contributed by atoms with Crippen molar-refractivity contribution in [3.8, 4) is 5.75 Å². The summed E-state index contributed by atoms with van der Waals surface area (Å²) in [5.74, 6) is 0.00179. The van der Waals surface area contributed by atoms with E-state index in [-0.39, 0.29) is 11.7 Å². The fourth-order valence-electron chi connectivity index (χ4n) is 2.05. The summed E-state index contributed by atoms with van der Waals surface area (Å²) >= 11 is 0. The quantitative estimate of drug-likeness (QED) is 0.898. The molecule has 2 N–H and O–H groups in total. The Balaban J connectivity index is 2.40. The van der Waals surface area contributed by atoms with E-state index in [1.165, 1.54) is 7.11 Å². The Morgan fingerprint density at radius 3 is 2.55 bits per heavy atom. The minimum absolute atomic E-state index is 0.196. The smallest absolute Gasteiger partial charge is 0.256 e. The van der Waals surface area contributed by atoms with Crippen LogP contribution in [-0.2, 0) is 9.53 Å². The molecular weight excluding hydrogens is 254 g/mol. The van der Waals surface area contributed by atoms with E-state index < -0.39 is 5.60 Å². The van der Waals surface area contributed by atoms with Crippen LogP contribution in [0, 0.1) is 0 Å². The zero-order valence-corrected chi connectivity index (χ0v) is 11.9. The number of hydrogen-bond donors (Lipinski definition) is 2. The van der Waals surface area contributed by atoms with Crippen molar-refractivity contribution in [1.82, 2.24) is 0 Å². The highest BCUT2D eigenvalue weighted by molar-refractivity contribution is 6.06. The van der Waals surface area contributed by atoms with Crippen LogP contribution in [0.5, 0.6) is 5.75 Å². The summed E-state index contributed by atoms with van der Waals surface area (Å²) in [6, 6.07) is 10.7. The number of anilines is 1. The van der Waals surface area contributed by atoms with Gasteiger partial charge in [-0.2, -0.15) is 0 Å². The zero-order valence-electron chi connectivity index (χ0n) is 11.9. The molecule has 0 spiro atoms. The van der Waals surface area contributed by atoms with Gasteiger partial charge in [0.15, 0.2) is 0 Å². The van der Waals surface area contributed by atoms with Crippen LogP contribution in [-0.4, -0.2) is 23.7 Å². The van der Waals surface area contributed by atoms with Crippen molar-refractivity contribution in [3.63, 3.8) is 0 Å². The number of methoxy groups -OCH3 is 1. The van der Waals surface area contributed by atoms with E-state index >= 15 is 0 Å². The van der Waals surface area contributed by atoms with Crippen molar-refractivity contribution in [1.29, 1.82) is 0 Å². The Hall–Kier alpha value is -2.07. The Morgan fingerprint density at radius 2 is 1.90 bits per heavy atom. The molecule has 2 aromatic rings. The number of hydrogen-bond acceptors (Lipinski definition) is 3. The van der Waals surface area contributed by atoms with E-state index in [1.54, 1.807) is 25.1 Å². The third-order valence-electron chi connectivity index (χ3n) is 3.75. The van der Waals surface area contributed by atoms with Gasteiger partial charge in [-0.1, -0.05) is 31.2 Å². The summed E-state index contributed by atoms with van der Waals surface area (Å²) in [6.07, 6.45) is 0.575. The predicted octanol–water partition coefficient (Wildman–Crippen LogP) is 3.30. The van der Waals surface area contributed by atoms with E-state index in [4.69, 9.17) is 4.74 Å². The van der Waals surface area contributed by atoms with Gasteiger partial charge in [-0.15, -0.1) is 0 Å². The van der Waals surface area contributed by atoms with Gasteiger partial charge in [-0.3, -0.25) is 4.79 Å². The van der Waals surface area contributed by atoms with Crippen molar-refractivity contribution in [2.45, 2.75) is 25.9 Å². The molecule has 0 fully saturated rings. The average Bonchev–Trinajstić information content (AvgIpc) is 2.47. The molecule has 2 aromatic carbocycles. The second-order valence-electron chi connectivity index (χ2n) is 4.92. The molecule has 0 saturated carbocycles. The first-order valence-electron chi connectivity index (χ1n) is 6.59. The highest BCUT2D eigenvalue weighted by Gasteiger charge is 2.31. The molecule has 0 aliphatic rings. The first-order valence-corrected chi connectivity index (χ1v) is 6.59. The zero-order chi connectivity index (χ0) is 14.8. The molecule has 0 aliphatic carbocycles. The van der Waals surface area contributed by atoms with Crippen LogP contribution in [0.2, 0.25) is 0 Å². The predicted molar refractivity (Wildman–Crippen MR) is 79.9 cm³/mol. The van der Waals surface area contributed by atoms with Crippen LogP contribution < -0.4 is 5.32 Å². The number of aromatic hydroxyl groups is 1. The fraction of sp³-hybridized carbons (Fsp3) is 0.312. The Labute approximate surface area is 118 Å². The number of carbonyl (C=O) groups excluding carboxylic acids is 1. The first kappa shape index (κ1) is 14.3. The number of fused-ring (bicyclic) bond motifs is 1. The topological polar surface area (TPSA) is 58.6 Å². The maximum absolute atomic E-state index is 12.3. The van der Waals surface area contributed by atoms with E-state index in [9.17, 15) is 9.90 Å². The molecule has 4 heteroatoms. The lowest BCUT2D eigenvalue weighted by molar-refractivity contribution is -0.136. The number of phenols is 1. The van der Waals surface area contributed by atoms with Crippen molar-refractivity contribution in [2.75, 3.05) is 12.4 Å². The number of ether oxygens (including phenoxy) is 1. The minimum Gasteiger partial charge on any atom is -0.507 e. The summed E-state index contributed by atoms with van der Waals surface area (Å²) in [4.78, 5) is 12.3. The van der Waals surface area contributed by atoms with E-state index in [1.807, 2.05) is 25.1 Å². The monoisotopic (exact) mass is 273 g/mol. The lowest BCUT2D eigenvalue weighted by Gasteiger charge is -2.25. The van der Waals surface area contributed by atoms with Gasteiger partial charge >= 0.3 is 0 Å². The number of carbonyl (C=O) groups is 1. The third-order valence-corrected chi connectivity index (χ3v) is 3.75. The number of phenolic OH excluding ortho intramolecular Hbond substituents is 1. The molecule has 0 aliphatic heterocycles. The lowest BCUT2D eigenvalue weighted by atomic mass is 10.0. The molecule has 2 rings (SSSR count). The van der Waals surface area contributed by atoms with Gasteiger partial charge in [-0.25, -0.2) is 0 Å². The first-order chi connectivity index (χ1) is 9.51. The fourth-order valence-corrected chi connectivity index (χ4v) is 2.05. The molecule has 1 unspecified atom stereocenters. The van der Waals surface area contributed by atoms with Crippen LogP contribution in [0.15, 0.2) is 36.4 Å². The van der Waals surface area contributed by atoms with Gasteiger partial charge in [0.1, 0.15) is 11.4 Å². The summed E-state index contributed by atoms with van der Waals surface area (Å²) < 4.78 is 5.30. The highest BCUT2D eigenvalue weighted by atomic mass is 16.5. The number of amides is 1. The second kappa shape index (κ2) is 5.51. The number of nitrogens with one attached hydrogen (secondary N) is 1. The maximum Gasteiger partial charge on any atom is 0.256 e. The molecule has 1 amide bonds. The van der Waals surface area contributed by atoms with Crippen LogP contribution >= 0.6 is 0 Å². The molecule has 0 heterocycles. The number of rotatable bonds is 4. The van der Waals surface area contributed by atoms with Gasteiger partial charge in [0, 0.05) is 23.6 Å². The molecule has 20 heavy (non-hydrogen) atoms. The van der Waals surface area contributed by atoms with Crippen LogP contribution in [0.4, 0.5) is 5.69 Å². The molecule has 1 atom stereocenters. The van der Waals surface area contributed by atoms with Crippen molar-refractivity contribution in [3.05, 3.63) is 36.4 Å². The van der Waals surface area contributed by atoms with Gasteiger partial charge in [0.2, 0.25) is 0 Å². The Bertz CT molecular complexity index is 633. The summed E-state index contributed by atoms with van der Waals surface area (Å²) in [7, 11) is 1.53. The average molecular weight is 273 g/mol.